The Morgan fingerprint density at radius 3 is 2.04 bits per heavy atom. The molecule has 0 atom stereocenters. The Hall–Kier alpha value is -3.42. The Morgan fingerprint density at radius 2 is 1.46 bits per heavy atom. The van der Waals surface area contributed by atoms with Crippen LogP contribution in [0.3, 0.4) is 0 Å². The van der Waals surface area contributed by atoms with Gasteiger partial charge in [0.1, 0.15) is 5.75 Å². The van der Waals surface area contributed by atoms with Gasteiger partial charge in [0.2, 0.25) is 0 Å². The smallest absolute Gasteiger partial charge is 0.307 e. The maximum atomic E-state index is 11.1. The molecule has 2 aromatic rings. The minimum absolute atomic E-state index is 0.00242. The molecule has 0 aliphatic heterocycles. The summed E-state index contributed by atoms with van der Waals surface area (Å²) in [7, 11) is 2.84. The van der Waals surface area contributed by atoms with Crippen molar-refractivity contribution in [3.63, 3.8) is 0 Å². The fourth-order valence-electron chi connectivity index (χ4n) is 2.34. The number of benzene rings is 2. The van der Waals surface area contributed by atoms with Crippen molar-refractivity contribution >= 4 is 11.9 Å². The van der Waals surface area contributed by atoms with Gasteiger partial charge < -0.3 is 29.5 Å². The second-order valence-corrected chi connectivity index (χ2v) is 5.36. The molecule has 0 bridgehead atoms. The molecule has 3 N–H and O–H groups in total. The van der Waals surface area contributed by atoms with Crippen LogP contribution in [0.25, 0.3) is 0 Å². The van der Waals surface area contributed by atoms with Crippen molar-refractivity contribution in [2.45, 2.75) is 12.8 Å². The van der Waals surface area contributed by atoms with Gasteiger partial charge >= 0.3 is 11.9 Å². The third kappa shape index (κ3) is 4.56. The van der Waals surface area contributed by atoms with Crippen LogP contribution in [0.1, 0.15) is 11.1 Å². The summed E-state index contributed by atoms with van der Waals surface area (Å²) in [6, 6.07) is 7.07. The van der Waals surface area contributed by atoms with E-state index in [0.717, 1.165) is 0 Å². The van der Waals surface area contributed by atoms with Crippen molar-refractivity contribution in [2.75, 3.05) is 14.2 Å². The van der Waals surface area contributed by atoms with Gasteiger partial charge in [-0.1, -0.05) is 6.07 Å². The van der Waals surface area contributed by atoms with Gasteiger partial charge in [-0.2, -0.15) is 0 Å². The average molecular weight is 362 g/mol. The lowest BCUT2D eigenvalue weighted by Crippen LogP contribution is -2.04. The molecule has 8 nitrogen and oxygen atoms in total. The Bertz CT molecular complexity index is 828. The molecule has 0 saturated carbocycles. The van der Waals surface area contributed by atoms with E-state index in [2.05, 4.69) is 0 Å². The third-order valence-electron chi connectivity index (χ3n) is 3.51. The van der Waals surface area contributed by atoms with E-state index in [4.69, 9.17) is 24.4 Å². The topological polar surface area (TPSA) is 123 Å². The molecule has 2 rings (SSSR count). The molecule has 26 heavy (non-hydrogen) atoms. The Kier molecular flexibility index (Phi) is 5.90. The summed E-state index contributed by atoms with van der Waals surface area (Å²) in [5.41, 5.74) is 0.726. The summed E-state index contributed by atoms with van der Waals surface area (Å²) >= 11 is 0. The zero-order valence-electron chi connectivity index (χ0n) is 14.2. The van der Waals surface area contributed by atoms with Crippen LogP contribution in [0.15, 0.2) is 30.3 Å². The predicted octanol–water partition coefficient (Wildman–Crippen LogP) is 2.46. The van der Waals surface area contributed by atoms with Gasteiger partial charge in [0, 0.05) is 11.6 Å². The molecule has 2 aromatic carbocycles. The zero-order chi connectivity index (χ0) is 19.3. The van der Waals surface area contributed by atoms with Crippen LogP contribution in [0.5, 0.6) is 28.7 Å². The molecule has 8 heteroatoms. The highest BCUT2D eigenvalue weighted by Gasteiger charge is 2.17. The minimum atomic E-state index is -1.08. The number of hydrogen-bond donors (Lipinski definition) is 3. The van der Waals surface area contributed by atoms with Crippen molar-refractivity contribution in [1.29, 1.82) is 0 Å². The molecule has 0 spiro atoms. The molecule has 0 unspecified atom stereocenters. The van der Waals surface area contributed by atoms with E-state index in [1.165, 1.54) is 44.6 Å². The molecule has 0 aliphatic carbocycles. The lowest BCUT2D eigenvalue weighted by Gasteiger charge is -2.16. The first-order chi connectivity index (χ1) is 12.3. The maximum absolute atomic E-state index is 11.1. The lowest BCUT2D eigenvalue weighted by molar-refractivity contribution is -0.137. The molecule has 138 valence electrons. The number of hydrogen-bond acceptors (Lipinski definition) is 6. The van der Waals surface area contributed by atoms with Gasteiger partial charge in [-0.05, 0) is 23.8 Å². The van der Waals surface area contributed by atoms with Gasteiger partial charge in [-0.3, -0.25) is 9.59 Å². The van der Waals surface area contributed by atoms with Crippen LogP contribution < -0.4 is 14.2 Å². The number of rotatable bonds is 8. The molecular weight excluding hydrogens is 344 g/mol. The van der Waals surface area contributed by atoms with Crippen LogP contribution in [0.2, 0.25) is 0 Å². The summed E-state index contributed by atoms with van der Waals surface area (Å²) in [5.74, 6) is -1.52. The van der Waals surface area contributed by atoms with E-state index in [0.29, 0.717) is 22.6 Å². The van der Waals surface area contributed by atoms with E-state index in [-0.39, 0.29) is 30.1 Å². The maximum Gasteiger partial charge on any atom is 0.307 e. The van der Waals surface area contributed by atoms with Gasteiger partial charge in [-0.15, -0.1) is 0 Å². The van der Waals surface area contributed by atoms with Crippen LogP contribution in [0, 0.1) is 0 Å². The Morgan fingerprint density at radius 1 is 0.846 bits per heavy atom. The molecule has 0 radical (unpaired) electrons. The first-order valence-corrected chi connectivity index (χ1v) is 7.52. The van der Waals surface area contributed by atoms with Crippen LogP contribution in [-0.4, -0.2) is 41.5 Å². The first-order valence-electron chi connectivity index (χ1n) is 7.52. The van der Waals surface area contributed by atoms with Crippen molar-refractivity contribution in [2.24, 2.45) is 0 Å². The van der Waals surface area contributed by atoms with Crippen molar-refractivity contribution in [1.82, 2.24) is 0 Å². The molecular formula is C18H18O8. The van der Waals surface area contributed by atoms with Crippen molar-refractivity contribution in [3.05, 3.63) is 41.5 Å². The third-order valence-corrected chi connectivity index (χ3v) is 3.51. The lowest BCUT2D eigenvalue weighted by atomic mass is 10.1. The molecule has 0 aliphatic rings. The van der Waals surface area contributed by atoms with Gasteiger partial charge in [0.15, 0.2) is 23.0 Å². The summed E-state index contributed by atoms with van der Waals surface area (Å²) < 4.78 is 16.0. The second-order valence-electron chi connectivity index (χ2n) is 5.36. The van der Waals surface area contributed by atoms with Gasteiger partial charge in [0.25, 0.3) is 0 Å². The molecule has 0 aromatic heterocycles. The van der Waals surface area contributed by atoms with Gasteiger partial charge in [-0.25, -0.2) is 0 Å². The Labute approximate surface area is 149 Å². The fraction of sp³-hybridized carbons (Fsp3) is 0.222. The summed E-state index contributed by atoms with van der Waals surface area (Å²) in [6.45, 7) is 0. The number of aromatic hydroxyl groups is 1. The van der Waals surface area contributed by atoms with Crippen molar-refractivity contribution in [3.8, 4) is 28.7 Å². The highest BCUT2D eigenvalue weighted by atomic mass is 16.5. The summed E-state index contributed by atoms with van der Waals surface area (Å²) in [6.07, 6.45) is -0.587. The summed E-state index contributed by atoms with van der Waals surface area (Å²) in [5, 5.41) is 28.0. The molecule has 0 heterocycles. The molecule has 0 saturated heterocycles. The summed E-state index contributed by atoms with van der Waals surface area (Å²) in [4.78, 5) is 22.0. The average Bonchev–Trinajstić information content (AvgIpc) is 2.57. The predicted molar refractivity (Wildman–Crippen MR) is 90.4 cm³/mol. The van der Waals surface area contributed by atoms with E-state index in [1.54, 1.807) is 0 Å². The monoisotopic (exact) mass is 362 g/mol. The minimum Gasteiger partial charge on any atom is -0.504 e. The number of phenolic OH excluding ortho intramolecular Hbond substituents is 1. The first kappa shape index (κ1) is 18.9. The van der Waals surface area contributed by atoms with Gasteiger partial charge in [0.05, 0.1) is 27.1 Å². The number of carboxylic acids is 2. The number of phenols is 1. The fourth-order valence-corrected chi connectivity index (χ4v) is 2.34. The number of carbonyl (C=O) groups is 2. The second kappa shape index (κ2) is 8.11. The Balaban J connectivity index is 2.47. The molecule has 0 fully saturated rings. The number of carboxylic acid groups (broad SMARTS) is 2. The standard InChI is InChI=1S/C18H18O8/c1-24-15-7-11(8-18(22)23)13(9-16(15)25-2)26-14-5-10(6-17(20)21)3-4-12(14)19/h3-5,7,9,19H,6,8H2,1-2H3,(H,20,21)(H,22,23). The largest absolute Gasteiger partial charge is 0.504 e. The van der Waals surface area contributed by atoms with Crippen molar-refractivity contribution < 1.29 is 39.1 Å². The highest BCUT2D eigenvalue weighted by molar-refractivity contribution is 5.73. The SMILES string of the molecule is COc1cc(CC(=O)O)c(Oc2cc(CC(=O)O)ccc2O)cc1OC. The quantitative estimate of drug-likeness (QED) is 0.654. The van der Waals surface area contributed by atoms with E-state index in [1.807, 2.05) is 0 Å². The van der Waals surface area contributed by atoms with E-state index < -0.39 is 11.9 Å². The van der Waals surface area contributed by atoms with Crippen LogP contribution >= 0.6 is 0 Å². The number of aliphatic carboxylic acids is 2. The number of ether oxygens (including phenoxy) is 3. The normalized spacial score (nSPS) is 10.2. The highest BCUT2D eigenvalue weighted by Crippen LogP contribution is 2.39. The van der Waals surface area contributed by atoms with E-state index >= 15 is 0 Å². The molecule has 0 amide bonds. The van der Waals surface area contributed by atoms with E-state index in [9.17, 15) is 14.7 Å². The van der Waals surface area contributed by atoms with Crippen LogP contribution in [-0.2, 0) is 22.4 Å². The number of methoxy groups -OCH3 is 2. The zero-order valence-corrected chi connectivity index (χ0v) is 14.2. The van der Waals surface area contributed by atoms with Crippen LogP contribution in [0.4, 0.5) is 0 Å².